The highest BCUT2D eigenvalue weighted by molar-refractivity contribution is 5.92. The van der Waals surface area contributed by atoms with Gasteiger partial charge in [-0.1, -0.05) is 44.2 Å². The first-order chi connectivity index (χ1) is 12.5. The number of hydrogen-bond acceptors (Lipinski definition) is 4. The molecule has 1 aromatic heterocycles. The van der Waals surface area contributed by atoms with Gasteiger partial charge in [0, 0.05) is 30.5 Å². The molecule has 0 unspecified atom stereocenters. The van der Waals surface area contributed by atoms with Gasteiger partial charge < -0.3 is 10.2 Å². The molecule has 0 atom stereocenters. The van der Waals surface area contributed by atoms with Crippen molar-refractivity contribution in [2.24, 2.45) is 11.8 Å². The number of amides is 2. The van der Waals surface area contributed by atoms with Crippen molar-refractivity contribution in [3.63, 3.8) is 0 Å². The van der Waals surface area contributed by atoms with Gasteiger partial charge in [-0.05, 0) is 12.8 Å². The van der Waals surface area contributed by atoms with Gasteiger partial charge in [-0.2, -0.15) is 0 Å². The molecule has 0 spiro atoms. The molecular formula is C20H24N4O2. The van der Waals surface area contributed by atoms with Gasteiger partial charge in [0.1, 0.15) is 0 Å². The third-order valence-electron chi connectivity index (χ3n) is 4.62. The molecule has 1 N–H and O–H groups in total. The van der Waals surface area contributed by atoms with Crippen LogP contribution in [0.1, 0.15) is 26.7 Å². The largest absolute Gasteiger partial charge is 0.342 e. The van der Waals surface area contributed by atoms with Crippen molar-refractivity contribution in [3.05, 3.63) is 42.7 Å². The topological polar surface area (TPSA) is 75.2 Å². The molecule has 2 heterocycles. The lowest BCUT2D eigenvalue weighted by Gasteiger charge is -2.32. The molecule has 1 aliphatic rings. The summed E-state index contributed by atoms with van der Waals surface area (Å²) < 4.78 is 0. The van der Waals surface area contributed by atoms with E-state index in [-0.39, 0.29) is 23.7 Å². The highest BCUT2D eigenvalue weighted by atomic mass is 16.2. The summed E-state index contributed by atoms with van der Waals surface area (Å²) in [6.45, 7) is 5.08. The van der Waals surface area contributed by atoms with Crippen LogP contribution < -0.4 is 5.32 Å². The highest BCUT2D eigenvalue weighted by Gasteiger charge is 2.28. The molecule has 1 aliphatic heterocycles. The smallest absolute Gasteiger partial charge is 0.227 e. The number of likely N-dealkylation sites (tertiary alicyclic amines) is 1. The van der Waals surface area contributed by atoms with Crippen molar-refractivity contribution < 1.29 is 9.59 Å². The number of hydrogen-bond donors (Lipinski definition) is 1. The van der Waals surface area contributed by atoms with Crippen LogP contribution in [-0.2, 0) is 9.59 Å². The molecule has 26 heavy (non-hydrogen) atoms. The number of carbonyl (C=O) groups is 2. The molecule has 2 amide bonds. The molecule has 0 bridgehead atoms. The van der Waals surface area contributed by atoms with E-state index in [0.717, 1.165) is 5.56 Å². The second kappa shape index (κ2) is 8.08. The Kier molecular flexibility index (Phi) is 5.61. The van der Waals surface area contributed by atoms with E-state index in [4.69, 9.17) is 0 Å². The Hall–Kier alpha value is -2.76. The quantitative estimate of drug-likeness (QED) is 0.918. The fourth-order valence-electron chi connectivity index (χ4n) is 3.10. The van der Waals surface area contributed by atoms with Crippen LogP contribution in [0, 0.1) is 11.8 Å². The van der Waals surface area contributed by atoms with Crippen LogP contribution in [0.15, 0.2) is 42.7 Å². The number of benzene rings is 1. The first-order valence-electron chi connectivity index (χ1n) is 9.01. The number of nitrogens with zero attached hydrogens (tertiary/aromatic N) is 3. The van der Waals surface area contributed by atoms with E-state index in [1.165, 1.54) is 0 Å². The summed E-state index contributed by atoms with van der Waals surface area (Å²) in [7, 11) is 0. The second-order valence-corrected chi connectivity index (χ2v) is 6.90. The molecule has 136 valence electrons. The van der Waals surface area contributed by atoms with Gasteiger partial charge in [0.05, 0.1) is 18.1 Å². The van der Waals surface area contributed by atoms with Crippen LogP contribution >= 0.6 is 0 Å². The summed E-state index contributed by atoms with van der Waals surface area (Å²) in [5.41, 5.74) is 1.53. The lowest BCUT2D eigenvalue weighted by atomic mass is 9.95. The van der Waals surface area contributed by atoms with Crippen molar-refractivity contribution in [1.82, 2.24) is 14.9 Å². The first-order valence-corrected chi connectivity index (χ1v) is 9.01. The van der Waals surface area contributed by atoms with Crippen LogP contribution in [0.4, 0.5) is 5.69 Å². The zero-order valence-electron chi connectivity index (χ0n) is 15.2. The van der Waals surface area contributed by atoms with Crippen molar-refractivity contribution >= 4 is 17.5 Å². The third kappa shape index (κ3) is 4.25. The van der Waals surface area contributed by atoms with E-state index in [2.05, 4.69) is 15.3 Å². The molecule has 0 saturated carbocycles. The Morgan fingerprint density at radius 3 is 2.27 bits per heavy atom. The lowest BCUT2D eigenvalue weighted by molar-refractivity contribution is -0.137. The van der Waals surface area contributed by atoms with Crippen LogP contribution in [0.5, 0.6) is 0 Å². The average Bonchev–Trinajstić information content (AvgIpc) is 2.68. The number of carbonyl (C=O) groups excluding carboxylic acids is 2. The monoisotopic (exact) mass is 352 g/mol. The predicted octanol–water partition coefficient (Wildman–Crippen LogP) is 2.98. The van der Waals surface area contributed by atoms with Gasteiger partial charge in [0.2, 0.25) is 11.8 Å². The average molecular weight is 352 g/mol. The SMILES string of the molecule is CC(C)C(=O)N1CCC(C(=O)Nc2cnc(-c3ccccc3)nc2)CC1. The lowest BCUT2D eigenvalue weighted by Crippen LogP contribution is -2.43. The summed E-state index contributed by atoms with van der Waals surface area (Å²) in [5.74, 6) is 0.677. The zero-order chi connectivity index (χ0) is 18.5. The molecule has 6 heteroatoms. The second-order valence-electron chi connectivity index (χ2n) is 6.90. The van der Waals surface area contributed by atoms with Crippen LogP contribution in [0.3, 0.4) is 0 Å². The number of rotatable bonds is 4. The summed E-state index contributed by atoms with van der Waals surface area (Å²) >= 11 is 0. The number of piperidine rings is 1. The van der Waals surface area contributed by atoms with E-state index in [9.17, 15) is 9.59 Å². The van der Waals surface area contributed by atoms with Gasteiger partial charge in [-0.3, -0.25) is 9.59 Å². The zero-order valence-corrected chi connectivity index (χ0v) is 15.2. The maximum atomic E-state index is 12.5. The first kappa shape index (κ1) is 18.0. The summed E-state index contributed by atoms with van der Waals surface area (Å²) in [6.07, 6.45) is 4.63. The Morgan fingerprint density at radius 1 is 1.08 bits per heavy atom. The minimum absolute atomic E-state index is 0.000606. The van der Waals surface area contributed by atoms with Gasteiger partial charge in [0.25, 0.3) is 0 Å². The normalized spacial score (nSPS) is 15.1. The molecule has 2 aromatic rings. The molecule has 1 fully saturated rings. The number of anilines is 1. The van der Waals surface area contributed by atoms with Crippen LogP contribution in [0.2, 0.25) is 0 Å². The van der Waals surface area contributed by atoms with Crippen molar-refractivity contribution in [3.8, 4) is 11.4 Å². The van der Waals surface area contributed by atoms with Crippen molar-refractivity contribution in [2.45, 2.75) is 26.7 Å². The molecule has 1 saturated heterocycles. The van der Waals surface area contributed by atoms with Crippen molar-refractivity contribution in [2.75, 3.05) is 18.4 Å². The van der Waals surface area contributed by atoms with E-state index in [0.29, 0.717) is 37.4 Å². The molecule has 3 rings (SSSR count). The van der Waals surface area contributed by atoms with Gasteiger partial charge >= 0.3 is 0 Å². The molecular weight excluding hydrogens is 328 g/mol. The predicted molar refractivity (Wildman–Crippen MR) is 100 cm³/mol. The van der Waals surface area contributed by atoms with Crippen molar-refractivity contribution in [1.29, 1.82) is 0 Å². The molecule has 0 radical (unpaired) electrons. The van der Waals surface area contributed by atoms with E-state index >= 15 is 0 Å². The maximum Gasteiger partial charge on any atom is 0.227 e. The Bertz CT molecular complexity index is 751. The van der Waals surface area contributed by atoms with E-state index in [1.54, 1.807) is 12.4 Å². The maximum absolute atomic E-state index is 12.5. The minimum atomic E-state index is -0.0833. The molecule has 1 aromatic carbocycles. The molecule has 6 nitrogen and oxygen atoms in total. The fraction of sp³-hybridized carbons (Fsp3) is 0.400. The third-order valence-corrected chi connectivity index (χ3v) is 4.62. The van der Waals surface area contributed by atoms with Crippen LogP contribution in [0.25, 0.3) is 11.4 Å². The number of aromatic nitrogens is 2. The van der Waals surface area contributed by atoms with Crippen LogP contribution in [-0.4, -0.2) is 39.8 Å². The van der Waals surface area contributed by atoms with Gasteiger partial charge in [-0.25, -0.2) is 9.97 Å². The fourth-order valence-corrected chi connectivity index (χ4v) is 3.10. The minimum Gasteiger partial charge on any atom is -0.342 e. The number of nitrogens with one attached hydrogen (secondary N) is 1. The summed E-state index contributed by atoms with van der Waals surface area (Å²) in [5, 5.41) is 2.89. The van der Waals surface area contributed by atoms with Gasteiger partial charge in [-0.15, -0.1) is 0 Å². The van der Waals surface area contributed by atoms with Gasteiger partial charge in [0.15, 0.2) is 5.82 Å². The van der Waals surface area contributed by atoms with E-state index in [1.807, 2.05) is 49.1 Å². The summed E-state index contributed by atoms with van der Waals surface area (Å²) in [6, 6.07) is 9.70. The highest BCUT2D eigenvalue weighted by Crippen LogP contribution is 2.21. The Labute approximate surface area is 153 Å². The Morgan fingerprint density at radius 2 is 1.69 bits per heavy atom. The molecule has 0 aliphatic carbocycles. The van der Waals surface area contributed by atoms with E-state index < -0.39 is 0 Å². The summed E-state index contributed by atoms with van der Waals surface area (Å²) in [4.78, 5) is 35.0. The standard InChI is InChI=1S/C20H24N4O2/c1-14(2)20(26)24-10-8-16(9-11-24)19(25)23-17-12-21-18(22-13-17)15-6-4-3-5-7-15/h3-7,12-14,16H,8-11H2,1-2H3,(H,23,25). The Balaban J connectivity index is 1.55.